The lowest BCUT2D eigenvalue weighted by Crippen LogP contribution is -2.22. The van der Waals surface area contributed by atoms with Crippen LogP contribution < -0.4 is 11.1 Å². The summed E-state index contributed by atoms with van der Waals surface area (Å²) in [6, 6.07) is 7.18. The summed E-state index contributed by atoms with van der Waals surface area (Å²) >= 11 is 0. The SMILES string of the molecule is Cc1c([C@@H](O)CNCc2cn(-c3ccc4oc(=O)n(C)c4c3C)cn2)ccc2c1COC2=O. The molecule has 0 unspecified atom stereocenters. The Hall–Kier alpha value is -3.69. The van der Waals surface area contributed by atoms with Crippen molar-refractivity contribution in [2.75, 3.05) is 6.54 Å². The Morgan fingerprint density at radius 3 is 2.82 bits per heavy atom. The molecule has 1 aliphatic rings. The van der Waals surface area contributed by atoms with E-state index in [0.717, 1.165) is 39.2 Å². The highest BCUT2D eigenvalue weighted by Crippen LogP contribution is 2.29. The van der Waals surface area contributed by atoms with E-state index in [-0.39, 0.29) is 12.6 Å². The smallest absolute Gasteiger partial charge is 0.419 e. The zero-order valence-corrected chi connectivity index (χ0v) is 18.6. The number of hydrogen-bond donors (Lipinski definition) is 2. The van der Waals surface area contributed by atoms with E-state index in [2.05, 4.69) is 10.3 Å². The molecule has 2 N–H and O–H groups in total. The third-order valence-electron chi connectivity index (χ3n) is 6.30. The van der Waals surface area contributed by atoms with Gasteiger partial charge < -0.3 is 24.1 Å². The van der Waals surface area contributed by atoms with Gasteiger partial charge in [-0.15, -0.1) is 0 Å². The van der Waals surface area contributed by atoms with Crippen LogP contribution in [0.15, 0.2) is 46.0 Å². The van der Waals surface area contributed by atoms with Crippen molar-refractivity contribution in [2.24, 2.45) is 7.05 Å². The molecule has 3 heterocycles. The number of carbonyl (C=O) groups excluding carboxylic acids is 1. The number of rotatable bonds is 6. The number of aliphatic hydroxyl groups excluding tert-OH is 1. The zero-order chi connectivity index (χ0) is 23.3. The van der Waals surface area contributed by atoms with Gasteiger partial charge in [-0.1, -0.05) is 6.07 Å². The molecule has 0 spiro atoms. The van der Waals surface area contributed by atoms with Crippen LogP contribution >= 0.6 is 0 Å². The van der Waals surface area contributed by atoms with E-state index in [4.69, 9.17) is 9.15 Å². The summed E-state index contributed by atoms with van der Waals surface area (Å²) in [5.74, 6) is -0.704. The molecule has 0 fully saturated rings. The van der Waals surface area contributed by atoms with Gasteiger partial charge in [-0.25, -0.2) is 14.6 Å². The second kappa shape index (κ2) is 8.02. The van der Waals surface area contributed by atoms with Crippen LogP contribution in [-0.2, 0) is 24.9 Å². The van der Waals surface area contributed by atoms with Gasteiger partial charge in [-0.2, -0.15) is 0 Å². The van der Waals surface area contributed by atoms with Crippen molar-refractivity contribution in [1.82, 2.24) is 19.4 Å². The fourth-order valence-corrected chi connectivity index (χ4v) is 4.46. The number of hydrogen-bond acceptors (Lipinski definition) is 7. The van der Waals surface area contributed by atoms with Crippen molar-refractivity contribution in [1.29, 1.82) is 0 Å². The van der Waals surface area contributed by atoms with Crippen molar-refractivity contribution in [2.45, 2.75) is 33.1 Å². The molecule has 9 heteroatoms. The largest absolute Gasteiger partial charge is 0.457 e. The van der Waals surface area contributed by atoms with Crippen molar-refractivity contribution in [3.63, 3.8) is 0 Å². The van der Waals surface area contributed by atoms with Crippen molar-refractivity contribution < 1.29 is 19.1 Å². The van der Waals surface area contributed by atoms with Gasteiger partial charge in [-0.05, 0) is 43.2 Å². The highest BCUT2D eigenvalue weighted by molar-refractivity contribution is 5.94. The fourth-order valence-electron chi connectivity index (χ4n) is 4.46. The quantitative estimate of drug-likeness (QED) is 0.436. The van der Waals surface area contributed by atoms with Crippen LogP contribution in [0.2, 0.25) is 0 Å². The minimum Gasteiger partial charge on any atom is -0.457 e. The van der Waals surface area contributed by atoms with E-state index in [1.807, 2.05) is 30.7 Å². The molecule has 5 rings (SSSR count). The Morgan fingerprint density at radius 1 is 1.18 bits per heavy atom. The lowest BCUT2D eigenvalue weighted by Gasteiger charge is -2.16. The summed E-state index contributed by atoms with van der Waals surface area (Å²) in [6.07, 6.45) is 2.91. The molecule has 0 aliphatic carbocycles. The van der Waals surface area contributed by atoms with Gasteiger partial charge in [-0.3, -0.25) is 4.57 Å². The number of nitrogens with one attached hydrogen (secondary N) is 1. The van der Waals surface area contributed by atoms with Crippen LogP contribution in [0.25, 0.3) is 16.8 Å². The number of aryl methyl sites for hydroxylation is 2. The lowest BCUT2D eigenvalue weighted by atomic mass is 9.95. The molecule has 0 saturated heterocycles. The molecule has 0 bridgehead atoms. The number of ether oxygens (including phenoxy) is 1. The molecule has 1 atom stereocenters. The van der Waals surface area contributed by atoms with Gasteiger partial charge in [0, 0.05) is 37.5 Å². The maximum absolute atomic E-state index is 11.8. The van der Waals surface area contributed by atoms with Crippen LogP contribution in [0.1, 0.15) is 44.4 Å². The minimum atomic E-state index is -0.722. The maximum atomic E-state index is 11.8. The van der Waals surface area contributed by atoms with Crippen LogP contribution in [0, 0.1) is 13.8 Å². The first kappa shape index (κ1) is 21.2. The van der Waals surface area contributed by atoms with E-state index in [9.17, 15) is 14.7 Å². The maximum Gasteiger partial charge on any atom is 0.419 e. The number of benzene rings is 2. The fraction of sp³-hybridized carbons (Fsp3) is 0.292. The van der Waals surface area contributed by atoms with Crippen LogP contribution in [-0.4, -0.2) is 31.7 Å². The monoisotopic (exact) mass is 448 g/mol. The number of oxazole rings is 1. The average Bonchev–Trinajstić information content (AvgIpc) is 3.48. The molecule has 0 radical (unpaired) electrons. The van der Waals surface area contributed by atoms with Gasteiger partial charge in [0.2, 0.25) is 0 Å². The Bertz CT molecular complexity index is 1450. The highest BCUT2D eigenvalue weighted by atomic mass is 16.5. The van der Waals surface area contributed by atoms with Crippen LogP contribution in [0.4, 0.5) is 0 Å². The number of cyclic esters (lactones) is 1. The van der Waals surface area contributed by atoms with E-state index < -0.39 is 11.9 Å². The van der Waals surface area contributed by atoms with E-state index >= 15 is 0 Å². The second-order valence-corrected chi connectivity index (χ2v) is 8.28. The molecular formula is C24H24N4O5. The summed E-state index contributed by atoms with van der Waals surface area (Å²) in [7, 11) is 1.69. The summed E-state index contributed by atoms with van der Waals surface area (Å²) in [4.78, 5) is 28.0. The number of aromatic nitrogens is 3. The normalized spacial score (nSPS) is 14.0. The standard InChI is InChI=1S/C24H24N4O5/c1-13-16(4-5-17-18(13)11-32-23(17)30)20(29)9-25-8-15-10-28(12-26-15)19-6-7-21-22(14(19)2)27(3)24(31)33-21/h4-7,10,12,20,25,29H,8-9,11H2,1-3H3/t20-/m0/s1. The molecule has 2 aromatic heterocycles. The zero-order valence-electron chi connectivity index (χ0n) is 18.6. The van der Waals surface area contributed by atoms with Gasteiger partial charge >= 0.3 is 11.7 Å². The molecule has 170 valence electrons. The number of aliphatic hydroxyl groups is 1. The molecule has 0 saturated carbocycles. The van der Waals surface area contributed by atoms with Gasteiger partial charge in [0.25, 0.3) is 0 Å². The molecule has 1 aliphatic heterocycles. The number of carbonyl (C=O) groups is 1. The van der Waals surface area contributed by atoms with Crippen molar-refractivity contribution >= 4 is 17.1 Å². The van der Waals surface area contributed by atoms with E-state index in [1.54, 1.807) is 31.6 Å². The molecule has 33 heavy (non-hydrogen) atoms. The third-order valence-corrected chi connectivity index (χ3v) is 6.30. The molecule has 9 nitrogen and oxygen atoms in total. The average molecular weight is 448 g/mol. The Kier molecular flexibility index (Phi) is 5.15. The number of esters is 1. The second-order valence-electron chi connectivity index (χ2n) is 8.28. The molecular weight excluding hydrogens is 424 g/mol. The summed E-state index contributed by atoms with van der Waals surface area (Å²) in [5, 5.41) is 13.9. The van der Waals surface area contributed by atoms with Gasteiger partial charge in [0.1, 0.15) is 6.61 Å². The predicted octanol–water partition coefficient (Wildman–Crippen LogP) is 2.43. The summed E-state index contributed by atoms with van der Waals surface area (Å²) < 4.78 is 13.7. The first-order valence-corrected chi connectivity index (χ1v) is 10.7. The van der Waals surface area contributed by atoms with Crippen LogP contribution in [0.3, 0.4) is 0 Å². The van der Waals surface area contributed by atoms with Crippen LogP contribution in [0.5, 0.6) is 0 Å². The Labute approximate surface area is 189 Å². The van der Waals surface area contributed by atoms with Crippen molar-refractivity contribution in [3.8, 4) is 5.69 Å². The lowest BCUT2D eigenvalue weighted by molar-refractivity contribution is 0.0535. The summed E-state index contributed by atoms with van der Waals surface area (Å²) in [5.41, 5.74) is 7.03. The molecule has 4 aromatic rings. The number of fused-ring (bicyclic) bond motifs is 2. The molecule has 0 amide bonds. The van der Waals surface area contributed by atoms with Crippen molar-refractivity contribution in [3.05, 3.63) is 80.9 Å². The predicted molar refractivity (Wildman–Crippen MR) is 120 cm³/mol. The topological polar surface area (TPSA) is 112 Å². The first-order valence-electron chi connectivity index (χ1n) is 10.7. The van der Waals surface area contributed by atoms with E-state index in [0.29, 0.717) is 24.2 Å². The Balaban J connectivity index is 1.28. The Morgan fingerprint density at radius 2 is 2.00 bits per heavy atom. The molecule has 2 aromatic carbocycles. The first-order chi connectivity index (χ1) is 15.8. The van der Waals surface area contributed by atoms with Gasteiger partial charge in [0.05, 0.1) is 34.9 Å². The number of imidazole rings is 1. The summed E-state index contributed by atoms with van der Waals surface area (Å²) in [6.45, 7) is 4.91. The number of nitrogens with zero attached hydrogens (tertiary/aromatic N) is 3. The highest BCUT2D eigenvalue weighted by Gasteiger charge is 2.25. The van der Waals surface area contributed by atoms with Gasteiger partial charge in [0.15, 0.2) is 5.58 Å². The minimum absolute atomic E-state index is 0.254. The third kappa shape index (κ3) is 3.55. The van der Waals surface area contributed by atoms with E-state index in [1.165, 1.54) is 4.57 Å².